The summed E-state index contributed by atoms with van der Waals surface area (Å²) >= 11 is 0. The van der Waals surface area contributed by atoms with E-state index in [4.69, 9.17) is 0 Å². The van der Waals surface area contributed by atoms with Gasteiger partial charge in [0.1, 0.15) is 0 Å². The van der Waals surface area contributed by atoms with Gasteiger partial charge in [-0.1, -0.05) is 40.5 Å². The van der Waals surface area contributed by atoms with E-state index in [0.717, 1.165) is 12.5 Å². The summed E-state index contributed by atoms with van der Waals surface area (Å²) in [4.78, 5) is 4.15. The number of imidazole rings is 1. The molecule has 0 aliphatic heterocycles. The molecule has 0 bridgehead atoms. The van der Waals surface area contributed by atoms with Crippen molar-refractivity contribution in [1.29, 1.82) is 0 Å². The number of hydrogen-bond acceptors (Lipinski definition) is 2. The Kier molecular flexibility index (Phi) is 4.67. The predicted octanol–water partition coefficient (Wildman–Crippen LogP) is 3.47. The molecule has 1 aliphatic carbocycles. The molecule has 1 heterocycles. The van der Waals surface area contributed by atoms with Crippen LogP contribution in [0.2, 0.25) is 0 Å². The number of nitrogens with zero attached hydrogens (tertiary/aromatic N) is 2. The van der Waals surface area contributed by atoms with Gasteiger partial charge in [0.15, 0.2) is 0 Å². The van der Waals surface area contributed by atoms with Crippen molar-refractivity contribution >= 4 is 0 Å². The maximum atomic E-state index is 4.15. The molecule has 1 aromatic rings. The van der Waals surface area contributed by atoms with Crippen LogP contribution in [0, 0.1) is 11.3 Å². The van der Waals surface area contributed by atoms with E-state index in [1.807, 2.05) is 12.5 Å². The number of aromatic nitrogens is 2. The zero-order valence-electron chi connectivity index (χ0n) is 12.9. The molecule has 0 amide bonds. The van der Waals surface area contributed by atoms with Crippen LogP contribution < -0.4 is 5.32 Å². The van der Waals surface area contributed by atoms with Gasteiger partial charge in [-0.3, -0.25) is 0 Å². The second-order valence-electron chi connectivity index (χ2n) is 7.21. The first kappa shape index (κ1) is 14.6. The smallest absolute Gasteiger partial charge is 0.0946 e. The molecule has 19 heavy (non-hydrogen) atoms. The third-order valence-corrected chi connectivity index (χ3v) is 4.52. The third kappa shape index (κ3) is 4.07. The van der Waals surface area contributed by atoms with Gasteiger partial charge in [0.2, 0.25) is 0 Å². The topological polar surface area (TPSA) is 29.9 Å². The largest absolute Gasteiger partial charge is 0.336 e. The van der Waals surface area contributed by atoms with E-state index in [9.17, 15) is 0 Å². The van der Waals surface area contributed by atoms with Gasteiger partial charge in [0.25, 0.3) is 0 Å². The van der Waals surface area contributed by atoms with E-state index in [1.165, 1.54) is 25.7 Å². The standard InChI is InChI=1S/C16H29N3/c1-13-7-5-6-8-14(13)18-15(16(2,3)4)11-19-10-9-17-12-19/h9-10,12-15,18H,5-8,11H2,1-4H3. The van der Waals surface area contributed by atoms with Gasteiger partial charge in [-0.25, -0.2) is 4.98 Å². The first-order valence-corrected chi connectivity index (χ1v) is 7.68. The molecule has 0 saturated heterocycles. The zero-order chi connectivity index (χ0) is 13.9. The van der Waals surface area contributed by atoms with Crippen LogP contribution in [0.4, 0.5) is 0 Å². The normalized spacial score (nSPS) is 26.3. The van der Waals surface area contributed by atoms with E-state index in [-0.39, 0.29) is 5.41 Å². The Labute approximate surface area is 117 Å². The quantitative estimate of drug-likeness (QED) is 0.901. The summed E-state index contributed by atoms with van der Waals surface area (Å²) in [6.07, 6.45) is 11.3. The fourth-order valence-corrected chi connectivity index (χ4v) is 3.00. The van der Waals surface area contributed by atoms with Crippen LogP contribution in [0.3, 0.4) is 0 Å². The maximum absolute atomic E-state index is 4.15. The Morgan fingerprint density at radius 1 is 1.32 bits per heavy atom. The third-order valence-electron chi connectivity index (χ3n) is 4.52. The van der Waals surface area contributed by atoms with Crippen LogP contribution in [0.15, 0.2) is 18.7 Å². The number of rotatable bonds is 4. The highest BCUT2D eigenvalue weighted by molar-refractivity contribution is 4.89. The average Bonchev–Trinajstić information content (AvgIpc) is 2.82. The SMILES string of the molecule is CC1CCCCC1NC(Cn1ccnc1)C(C)(C)C. The minimum Gasteiger partial charge on any atom is -0.336 e. The molecule has 1 N–H and O–H groups in total. The van der Waals surface area contributed by atoms with E-state index in [2.05, 4.69) is 48.8 Å². The van der Waals surface area contributed by atoms with Gasteiger partial charge in [0.05, 0.1) is 6.33 Å². The molecule has 0 spiro atoms. The molecule has 3 heteroatoms. The fourth-order valence-electron chi connectivity index (χ4n) is 3.00. The van der Waals surface area contributed by atoms with Crippen molar-refractivity contribution in [3.63, 3.8) is 0 Å². The predicted molar refractivity (Wildman–Crippen MR) is 80.0 cm³/mol. The Bertz CT molecular complexity index is 364. The highest BCUT2D eigenvalue weighted by Crippen LogP contribution is 2.28. The van der Waals surface area contributed by atoms with E-state index >= 15 is 0 Å². The summed E-state index contributed by atoms with van der Waals surface area (Å²) in [6.45, 7) is 10.4. The Hall–Kier alpha value is -0.830. The monoisotopic (exact) mass is 263 g/mol. The molecule has 1 aromatic heterocycles. The minimum absolute atomic E-state index is 0.265. The summed E-state index contributed by atoms with van der Waals surface area (Å²) in [5.74, 6) is 0.807. The second-order valence-corrected chi connectivity index (χ2v) is 7.21. The summed E-state index contributed by atoms with van der Waals surface area (Å²) in [6, 6.07) is 1.17. The average molecular weight is 263 g/mol. The van der Waals surface area contributed by atoms with Crippen LogP contribution in [0.1, 0.15) is 53.4 Å². The van der Waals surface area contributed by atoms with Gasteiger partial charge in [-0.15, -0.1) is 0 Å². The first-order valence-electron chi connectivity index (χ1n) is 7.68. The Morgan fingerprint density at radius 2 is 2.05 bits per heavy atom. The molecule has 1 fully saturated rings. The molecular weight excluding hydrogens is 234 g/mol. The van der Waals surface area contributed by atoms with E-state index in [0.29, 0.717) is 12.1 Å². The summed E-state index contributed by atoms with van der Waals surface area (Å²) < 4.78 is 2.19. The van der Waals surface area contributed by atoms with Crippen molar-refractivity contribution in [2.24, 2.45) is 11.3 Å². The molecule has 0 aromatic carbocycles. The van der Waals surface area contributed by atoms with Gasteiger partial charge in [0, 0.05) is 31.0 Å². The van der Waals surface area contributed by atoms with Crippen molar-refractivity contribution in [3.8, 4) is 0 Å². The van der Waals surface area contributed by atoms with Crippen LogP contribution in [0.5, 0.6) is 0 Å². The van der Waals surface area contributed by atoms with Crippen LogP contribution in [-0.2, 0) is 6.54 Å². The maximum Gasteiger partial charge on any atom is 0.0946 e. The fraction of sp³-hybridized carbons (Fsp3) is 0.812. The van der Waals surface area contributed by atoms with Gasteiger partial charge < -0.3 is 9.88 Å². The van der Waals surface area contributed by atoms with Crippen molar-refractivity contribution in [1.82, 2.24) is 14.9 Å². The first-order chi connectivity index (χ1) is 8.97. The molecule has 3 nitrogen and oxygen atoms in total. The molecular formula is C16H29N3. The highest BCUT2D eigenvalue weighted by Gasteiger charge is 2.30. The minimum atomic E-state index is 0.265. The molecule has 1 saturated carbocycles. The molecule has 0 radical (unpaired) electrons. The number of hydrogen-bond donors (Lipinski definition) is 1. The van der Waals surface area contributed by atoms with Crippen molar-refractivity contribution < 1.29 is 0 Å². The number of nitrogens with one attached hydrogen (secondary N) is 1. The second kappa shape index (κ2) is 6.08. The van der Waals surface area contributed by atoms with Crippen LogP contribution in [-0.4, -0.2) is 21.6 Å². The Balaban J connectivity index is 2.01. The molecule has 3 atom stereocenters. The van der Waals surface area contributed by atoms with E-state index in [1.54, 1.807) is 0 Å². The lowest BCUT2D eigenvalue weighted by atomic mass is 9.81. The lowest BCUT2D eigenvalue weighted by Crippen LogP contribution is -2.51. The van der Waals surface area contributed by atoms with Gasteiger partial charge in [-0.05, 0) is 24.2 Å². The lowest BCUT2D eigenvalue weighted by molar-refractivity contribution is 0.176. The zero-order valence-corrected chi connectivity index (χ0v) is 12.9. The van der Waals surface area contributed by atoms with Gasteiger partial charge >= 0.3 is 0 Å². The molecule has 1 aliphatic rings. The molecule has 2 rings (SSSR count). The summed E-state index contributed by atoms with van der Waals surface area (Å²) in [5.41, 5.74) is 0.265. The van der Waals surface area contributed by atoms with Crippen molar-refractivity contribution in [3.05, 3.63) is 18.7 Å². The van der Waals surface area contributed by atoms with Crippen LogP contribution >= 0.6 is 0 Å². The van der Waals surface area contributed by atoms with Crippen LogP contribution in [0.25, 0.3) is 0 Å². The molecule has 108 valence electrons. The molecule has 3 unspecified atom stereocenters. The summed E-state index contributed by atoms with van der Waals surface area (Å²) in [5, 5.41) is 3.94. The lowest BCUT2D eigenvalue weighted by Gasteiger charge is -2.39. The van der Waals surface area contributed by atoms with Gasteiger partial charge in [-0.2, -0.15) is 0 Å². The van der Waals surface area contributed by atoms with Crippen molar-refractivity contribution in [2.75, 3.05) is 0 Å². The Morgan fingerprint density at radius 3 is 2.63 bits per heavy atom. The highest BCUT2D eigenvalue weighted by atomic mass is 15.1. The van der Waals surface area contributed by atoms with Crippen molar-refractivity contribution in [2.45, 2.75) is 72.0 Å². The summed E-state index contributed by atoms with van der Waals surface area (Å²) in [7, 11) is 0. The van der Waals surface area contributed by atoms with E-state index < -0.39 is 0 Å².